The van der Waals surface area contributed by atoms with Gasteiger partial charge in [-0.25, -0.2) is 0 Å². The summed E-state index contributed by atoms with van der Waals surface area (Å²) in [4.78, 5) is 22.2. The van der Waals surface area contributed by atoms with E-state index in [1.54, 1.807) is 24.3 Å². The summed E-state index contributed by atoms with van der Waals surface area (Å²) >= 11 is 0. The fraction of sp³-hybridized carbons (Fsp3) is 0.500. The van der Waals surface area contributed by atoms with Crippen LogP contribution in [0.1, 0.15) is 113 Å². The third-order valence-corrected chi connectivity index (χ3v) is 9.93. The van der Waals surface area contributed by atoms with Gasteiger partial charge in [0, 0.05) is 23.0 Å². The van der Waals surface area contributed by atoms with Crippen LogP contribution in [0.2, 0.25) is 0 Å². The molecular formula is C40H54NO7+. The molecule has 2 aromatic rings. The highest BCUT2D eigenvalue weighted by Crippen LogP contribution is 2.48. The van der Waals surface area contributed by atoms with Crippen LogP contribution >= 0.6 is 0 Å². The zero-order chi connectivity index (χ0) is 35.0. The molecule has 2 aromatic carbocycles. The summed E-state index contributed by atoms with van der Waals surface area (Å²) in [6.07, 6.45) is 12.0. The van der Waals surface area contributed by atoms with Crippen LogP contribution in [-0.2, 0) is 22.5 Å². The lowest BCUT2D eigenvalue weighted by Gasteiger charge is -2.31. The predicted molar refractivity (Wildman–Crippen MR) is 189 cm³/mol. The maximum Gasteiger partial charge on any atom is 0.477 e. The Bertz CT molecular complexity index is 1400. The molecule has 0 amide bonds. The van der Waals surface area contributed by atoms with Crippen molar-refractivity contribution >= 4 is 0 Å². The van der Waals surface area contributed by atoms with Crippen LogP contribution in [0, 0.1) is 16.7 Å². The van der Waals surface area contributed by atoms with E-state index in [1.807, 2.05) is 13.8 Å². The SMILES string of the molecule is C=C(C)[C@@H]1CCC(C)=C[C@H]1c1c(O)cc(CCCCO[N+](=O)OCCCCc2cc(O)c([C@@H]3C=C(C)CC[C@H]3C(=C)C)c(O)c2)cc1O. The average molecular weight is 661 g/mol. The molecule has 0 unspecified atom stereocenters. The Morgan fingerprint density at radius 1 is 0.688 bits per heavy atom. The van der Waals surface area contributed by atoms with Gasteiger partial charge in [0.1, 0.15) is 27.9 Å². The third-order valence-electron chi connectivity index (χ3n) is 9.93. The number of unbranched alkanes of at least 4 members (excludes halogenated alkanes) is 2. The molecule has 0 saturated carbocycles. The molecule has 8 heteroatoms. The van der Waals surface area contributed by atoms with E-state index in [2.05, 4.69) is 39.2 Å². The summed E-state index contributed by atoms with van der Waals surface area (Å²) < 4.78 is 0. The predicted octanol–water partition coefficient (Wildman–Crippen LogP) is 9.53. The number of aryl methyl sites for hydroxylation is 2. The molecule has 48 heavy (non-hydrogen) atoms. The molecule has 8 nitrogen and oxygen atoms in total. The average Bonchev–Trinajstić information content (AvgIpc) is 3.00. The van der Waals surface area contributed by atoms with Gasteiger partial charge in [-0.1, -0.05) is 47.6 Å². The van der Waals surface area contributed by atoms with Crippen LogP contribution in [0.25, 0.3) is 0 Å². The Balaban J connectivity index is 1.15. The van der Waals surface area contributed by atoms with Gasteiger partial charge in [-0.05, 0) is 139 Å². The Morgan fingerprint density at radius 3 is 1.38 bits per heavy atom. The first-order valence-corrected chi connectivity index (χ1v) is 17.3. The first kappa shape index (κ1) is 36.6. The number of benzene rings is 2. The molecule has 0 bridgehead atoms. The number of phenols is 4. The lowest BCUT2D eigenvalue weighted by Crippen LogP contribution is -2.17. The van der Waals surface area contributed by atoms with Gasteiger partial charge in [-0.3, -0.25) is 0 Å². The normalized spacial score (nSPS) is 20.8. The van der Waals surface area contributed by atoms with E-state index in [4.69, 9.17) is 9.68 Å². The number of nitrogens with zero attached hydrogens (tertiary/aromatic N) is 1. The Labute approximate surface area is 285 Å². The van der Waals surface area contributed by atoms with Crippen LogP contribution in [0.4, 0.5) is 0 Å². The molecule has 0 radical (unpaired) electrons. The van der Waals surface area contributed by atoms with Crippen molar-refractivity contribution in [1.29, 1.82) is 0 Å². The highest BCUT2D eigenvalue weighted by molar-refractivity contribution is 5.53. The van der Waals surface area contributed by atoms with Crippen LogP contribution < -0.4 is 0 Å². The number of hydrogen-bond acceptors (Lipinski definition) is 7. The number of rotatable bonds is 16. The second-order valence-electron chi connectivity index (χ2n) is 14.0. The Kier molecular flexibility index (Phi) is 12.8. The number of phenolic OH excluding ortho intramolecular Hbond substituents is 4. The highest BCUT2D eigenvalue weighted by atomic mass is 17.0. The molecule has 0 aliphatic heterocycles. The quantitative estimate of drug-likeness (QED) is 0.0804. The van der Waals surface area contributed by atoms with Crippen molar-refractivity contribution in [2.75, 3.05) is 13.2 Å². The summed E-state index contributed by atoms with van der Waals surface area (Å²) in [5.41, 5.74) is 7.35. The Morgan fingerprint density at radius 2 is 1.04 bits per heavy atom. The molecule has 0 saturated heterocycles. The largest absolute Gasteiger partial charge is 0.507 e. The van der Waals surface area contributed by atoms with Crippen LogP contribution in [0.3, 0.4) is 0 Å². The first-order valence-electron chi connectivity index (χ1n) is 17.3. The third kappa shape index (κ3) is 9.45. The first-order chi connectivity index (χ1) is 22.8. The minimum Gasteiger partial charge on any atom is -0.507 e. The van der Waals surface area contributed by atoms with Crippen molar-refractivity contribution in [3.8, 4) is 23.0 Å². The van der Waals surface area contributed by atoms with E-state index in [-0.39, 0.29) is 65.0 Å². The van der Waals surface area contributed by atoms with Gasteiger partial charge in [0.05, 0.1) is 0 Å². The van der Waals surface area contributed by atoms with E-state index in [0.29, 0.717) is 49.7 Å². The van der Waals surface area contributed by atoms with Gasteiger partial charge < -0.3 is 20.4 Å². The Hall–Kier alpha value is -4.20. The molecule has 2 aliphatic carbocycles. The molecule has 260 valence electrons. The van der Waals surface area contributed by atoms with E-state index >= 15 is 0 Å². The molecule has 4 rings (SSSR count). The summed E-state index contributed by atoms with van der Waals surface area (Å²) in [6.45, 7) is 16.8. The van der Waals surface area contributed by atoms with E-state index in [1.165, 1.54) is 11.1 Å². The van der Waals surface area contributed by atoms with Gasteiger partial charge in [0.2, 0.25) is 0 Å². The van der Waals surface area contributed by atoms with Crippen LogP contribution in [0.15, 0.2) is 71.9 Å². The number of hydrogen-bond donors (Lipinski definition) is 4. The molecular weight excluding hydrogens is 606 g/mol. The standard InChI is InChI=1S/C40H53NO7/c1-25(2)31-15-13-27(5)19-33(31)39-35(42)21-29(22-36(39)43)11-7-9-17-47-41(46)48-18-10-8-12-30-23-37(44)40(38(45)24-30)34-20-28(6)14-16-32(34)26(3)4/h19-24,31-34H,1,3,7-18H2,2,4-6H3,(H3-,42,43,44,45)/p+1/t31-,32-,33+,34+/m0/s1. The van der Waals surface area contributed by atoms with E-state index in [0.717, 1.165) is 48.0 Å². The fourth-order valence-electron chi connectivity index (χ4n) is 7.32. The van der Waals surface area contributed by atoms with E-state index in [9.17, 15) is 25.3 Å². The molecule has 0 heterocycles. The minimum atomic E-state index is -0.0985. The van der Waals surface area contributed by atoms with E-state index < -0.39 is 0 Å². The van der Waals surface area contributed by atoms with Crippen molar-refractivity contribution in [3.63, 3.8) is 0 Å². The monoisotopic (exact) mass is 660 g/mol. The number of aromatic hydroxyl groups is 4. The lowest BCUT2D eigenvalue weighted by molar-refractivity contribution is -0.981. The van der Waals surface area contributed by atoms with Gasteiger partial charge in [-0.2, -0.15) is 9.68 Å². The smallest absolute Gasteiger partial charge is 0.477 e. The van der Waals surface area contributed by atoms with Crippen molar-refractivity contribution in [1.82, 2.24) is 0 Å². The molecule has 0 aromatic heterocycles. The van der Waals surface area contributed by atoms with Gasteiger partial charge in [0.25, 0.3) is 0 Å². The second-order valence-corrected chi connectivity index (χ2v) is 14.0. The summed E-state index contributed by atoms with van der Waals surface area (Å²) in [7, 11) is 0. The van der Waals surface area contributed by atoms with Gasteiger partial charge in [0.15, 0.2) is 13.2 Å². The zero-order valence-corrected chi connectivity index (χ0v) is 29.1. The number of allylic oxidation sites excluding steroid dienone is 6. The summed E-state index contributed by atoms with van der Waals surface area (Å²) in [6, 6.07) is 6.88. The fourth-order valence-corrected chi connectivity index (χ4v) is 7.32. The molecule has 4 N–H and O–H groups in total. The minimum absolute atomic E-state index is 0.0943. The van der Waals surface area contributed by atoms with Crippen molar-refractivity contribution in [2.24, 2.45) is 11.8 Å². The molecule has 0 spiro atoms. The van der Waals surface area contributed by atoms with Crippen LogP contribution in [-0.4, -0.2) is 38.7 Å². The van der Waals surface area contributed by atoms with Crippen LogP contribution in [0.5, 0.6) is 23.0 Å². The van der Waals surface area contributed by atoms with Crippen molar-refractivity contribution in [3.05, 3.63) is 99.0 Å². The molecule has 0 fully saturated rings. The molecule has 2 aliphatic rings. The maximum absolute atomic E-state index is 12.0. The second kappa shape index (κ2) is 16.8. The van der Waals surface area contributed by atoms with Gasteiger partial charge in [-0.15, -0.1) is 0 Å². The maximum atomic E-state index is 12.0. The zero-order valence-electron chi connectivity index (χ0n) is 29.1. The lowest BCUT2D eigenvalue weighted by atomic mass is 9.73. The molecule has 4 atom stereocenters. The van der Waals surface area contributed by atoms with Crippen molar-refractivity contribution in [2.45, 2.75) is 104 Å². The van der Waals surface area contributed by atoms with Crippen molar-refractivity contribution < 1.29 is 35.2 Å². The highest BCUT2D eigenvalue weighted by Gasteiger charge is 2.31. The summed E-state index contributed by atoms with van der Waals surface area (Å²) in [5.74, 6) is 0.534. The van der Waals surface area contributed by atoms with Gasteiger partial charge >= 0.3 is 5.09 Å². The topological polar surface area (TPSA) is 119 Å². The summed E-state index contributed by atoms with van der Waals surface area (Å²) in [5, 5.41) is 43.6.